The Morgan fingerprint density at radius 1 is 0.392 bits per heavy atom. The molecule has 0 unspecified atom stereocenters. The predicted octanol–water partition coefficient (Wildman–Crippen LogP) is 13.7. The number of aryl methyl sites for hydroxylation is 2. The summed E-state index contributed by atoms with van der Waals surface area (Å²) in [6.45, 7) is 9.12. The molecule has 0 heterocycles. The lowest BCUT2D eigenvalue weighted by atomic mass is 9.81. The van der Waals surface area contributed by atoms with Gasteiger partial charge in [0.1, 0.15) is 0 Å². The minimum Gasteiger partial charge on any atom is -0.311 e. The van der Waals surface area contributed by atoms with Crippen molar-refractivity contribution in [3.05, 3.63) is 203 Å². The van der Waals surface area contributed by atoms with Crippen LogP contribution in [0.2, 0.25) is 0 Å². The number of anilines is 6. The summed E-state index contributed by atoms with van der Waals surface area (Å²) in [4.78, 5) is 4.71. The molecule has 0 bridgehead atoms. The van der Waals surface area contributed by atoms with E-state index in [2.05, 4.69) is 220 Å². The van der Waals surface area contributed by atoms with Crippen molar-refractivity contribution in [2.45, 2.75) is 33.1 Å². The van der Waals surface area contributed by atoms with Crippen LogP contribution in [0.15, 0.2) is 170 Å². The highest BCUT2D eigenvalue weighted by Gasteiger charge is 2.36. The third kappa shape index (κ3) is 6.04. The van der Waals surface area contributed by atoms with E-state index in [0.29, 0.717) is 0 Å². The highest BCUT2D eigenvalue weighted by Crippen LogP contribution is 2.51. The number of fused-ring (bicyclic) bond motifs is 3. The Morgan fingerprint density at radius 3 is 1.39 bits per heavy atom. The second kappa shape index (κ2) is 13.3. The molecule has 2 heteroatoms. The fourth-order valence-electron chi connectivity index (χ4n) is 7.55. The second-order valence-electron chi connectivity index (χ2n) is 14.0. The molecule has 0 amide bonds. The van der Waals surface area contributed by atoms with E-state index in [1.165, 1.54) is 61.6 Å². The Hall–Kier alpha value is -6.12. The molecule has 0 radical (unpaired) electrons. The maximum absolute atomic E-state index is 2.42. The molecular weight excluding hydrogens is 617 g/mol. The average molecular weight is 659 g/mol. The van der Waals surface area contributed by atoms with Gasteiger partial charge < -0.3 is 9.80 Å². The van der Waals surface area contributed by atoms with Crippen molar-refractivity contribution in [2.75, 3.05) is 9.80 Å². The van der Waals surface area contributed by atoms with Gasteiger partial charge in [-0.3, -0.25) is 0 Å². The number of nitrogens with zero attached hydrogens (tertiary/aromatic N) is 2. The Labute approximate surface area is 302 Å². The SMILES string of the molecule is Cc1ccccc1N(c1ccc2c(c1)C(C)(C)c1cc(/C=C/c3ccc(N(c4ccccc4)c4ccccc4)cc3)ccc1-2)c1ccccc1C. The van der Waals surface area contributed by atoms with Crippen LogP contribution in [0.5, 0.6) is 0 Å². The molecule has 248 valence electrons. The van der Waals surface area contributed by atoms with E-state index in [0.717, 1.165) is 17.1 Å². The van der Waals surface area contributed by atoms with Crippen molar-refractivity contribution in [1.82, 2.24) is 0 Å². The van der Waals surface area contributed by atoms with Gasteiger partial charge in [0, 0.05) is 39.5 Å². The number of benzene rings is 7. The van der Waals surface area contributed by atoms with Gasteiger partial charge in [0.2, 0.25) is 0 Å². The van der Waals surface area contributed by atoms with Crippen molar-refractivity contribution < 1.29 is 0 Å². The first-order valence-corrected chi connectivity index (χ1v) is 17.8. The van der Waals surface area contributed by atoms with Crippen molar-refractivity contribution in [3.8, 4) is 11.1 Å². The number of hydrogen-bond acceptors (Lipinski definition) is 2. The normalized spacial score (nSPS) is 12.8. The van der Waals surface area contributed by atoms with Crippen LogP contribution in [0.3, 0.4) is 0 Å². The Bertz CT molecular complexity index is 2270. The molecule has 1 aliphatic carbocycles. The number of hydrogen-bond donors (Lipinski definition) is 0. The van der Waals surface area contributed by atoms with Crippen LogP contribution < -0.4 is 9.80 Å². The fourth-order valence-corrected chi connectivity index (χ4v) is 7.55. The van der Waals surface area contributed by atoms with Crippen molar-refractivity contribution in [1.29, 1.82) is 0 Å². The Morgan fingerprint density at radius 2 is 0.824 bits per heavy atom. The molecule has 7 aromatic rings. The average Bonchev–Trinajstić information content (AvgIpc) is 3.39. The maximum Gasteiger partial charge on any atom is 0.0490 e. The standard InChI is InChI=1S/C49H42N2/c1-35-15-11-13-21-47(35)51(48-22-14-12-16-36(48)2)42-30-32-44-43-31-27-38(33-45(43)49(3,4)46(44)34-42)24-23-37-25-28-41(29-26-37)50(39-17-7-5-8-18-39)40-19-9-6-10-20-40/h5-34H,1-4H3/b24-23+. The molecule has 7 aromatic carbocycles. The summed E-state index contributed by atoms with van der Waals surface area (Å²) in [6, 6.07) is 61.2. The summed E-state index contributed by atoms with van der Waals surface area (Å²) in [5.41, 5.74) is 17.1. The smallest absolute Gasteiger partial charge is 0.0490 e. The molecule has 51 heavy (non-hydrogen) atoms. The molecule has 2 nitrogen and oxygen atoms in total. The third-order valence-corrected chi connectivity index (χ3v) is 10.3. The highest BCUT2D eigenvalue weighted by molar-refractivity contribution is 5.88. The largest absolute Gasteiger partial charge is 0.311 e. The third-order valence-electron chi connectivity index (χ3n) is 10.3. The quantitative estimate of drug-likeness (QED) is 0.150. The van der Waals surface area contributed by atoms with Crippen LogP contribution in [0.25, 0.3) is 23.3 Å². The first-order chi connectivity index (χ1) is 24.9. The van der Waals surface area contributed by atoms with Gasteiger partial charge in [-0.15, -0.1) is 0 Å². The molecule has 8 rings (SSSR count). The summed E-state index contributed by atoms with van der Waals surface area (Å²) >= 11 is 0. The molecule has 0 aliphatic heterocycles. The lowest BCUT2D eigenvalue weighted by Gasteiger charge is -2.30. The molecule has 0 spiro atoms. The van der Waals surface area contributed by atoms with E-state index in [1.54, 1.807) is 0 Å². The summed E-state index contributed by atoms with van der Waals surface area (Å²) in [5.74, 6) is 0. The minimum absolute atomic E-state index is 0.145. The molecule has 0 saturated carbocycles. The van der Waals surface area contributed by atoms with E-state index in [4.69, 9.17) is 0 Å². The predicted molar refractivity (Wildman–Crippen MR) is 218 cm³/mol. The van der Waals surface area contributed by atoms with Crippen LogP contribution in [-0.4, -0.2) is 0 Å². The number of rotatable bonds is 8. The van der Waals surface area contributed by atoms with Gasteiger partial charge in [0.25, 0.3) is 0 Å². The van der Waals surface area contributed by atoms with Gasteiger partial charge >= 0.3 is 0 Å². The van der Waals surface area contributed by atoms with Crippen molar-refractivity contribution in [2.24, 2.45) is 0 Å². The van der Waals surface area contributed by atoms with Crippen LogP contribution >= 0.6 is 0 Å². The summed E-state index contributed by atoms with van der Waals surface area (Å²) in [7, 11) is 0. The van der Waals surface area contributed by atoms with E-state index in [-0.39, 0.29) is 5.41 Å². The van der Waals surface area contributed by atoms with Crippen LogP contribution in [0.1, 0.15) is 47.2 Å². The first-order valence-electron chi connectivity index (χ1n) is 17.8. The maximum atomic E-state index is 2.42. The zero-order valence-corrected chi connectivity index (χ0v) is 29.7. The summed E-state index contributed by atoms with van der Waals surface area (Å²) < 4.78 is 0. The molecular formula is C49H42N2. The number of para-hydroxylation sites is 4. The summed E-state index contributed by atoms with van der Waals surface area (Å²) in [5, 5.41) is 0. The zero-order valence-electron chi connectivity index (χ0n) is 29.7. The monoisotopic (exact) mass is 658 g/mol. The molecule has 1 aliphatic rings. The zero-order chi connectivity index (χ0) is 35.0. The Kier molecular flexibility index (Phi) is 8.37. The molecule has 0 fully saturated rings. The van der Waals surface area contributed by atoms with Crippen LogP contribution in [0, 0.1) is 13.8 Å². The van der Waals surface area contributed by atoms with Crippen molar-refractivity contribution in [3.63, 3.8) is 0 Å². The van der Waals surface area contributed by atoms with Gasteiger partial charge in [-0.25, -0.2) is 0 Å². The minimum atomic E-state index is -0.145. The lowest BCUT2D eigenvalue weighted by molar-refractivity contribution is 0.660. The van der Waals surface area contributed by atoms with Crippen molar-refractivity contribution >= 4 is 46.3 Å². The van der Waals surface area contributed by atoms with Gasteiger partial charge in [-0.2, -0.15) is 0 Å². The second-order valence-corrected chi connectivity index (χ2v) is 14.0. The van der Waals surface area contributed by atoms with Crippen LogP contribution in [-0.2, 0) is 5.41 Å². The molecule has 0 aromatic heterocycles. The Balaban J connectivity index is 1.09. The van der Waals surface area contributed by atoms with E-state index in [1.807, 2.05) is 0 Å². The summed E-state index contributed by atoms with van der Waals surface area (Å²) in [6.07, 6.45) is 4.46. The highest BCUT2D eigenvalue weighted by atomic mass is 15.1. The first kappa shape index (κ1) is 32.1. The molecule has 0 atom stereocenters. The molecule has 0 saturated heterocycles. The van der Waals surface area contributed by atoms with Gasteiger partial charge in [0.15, 0.2) is 0 Å². The van der Waals surface area contributed by atoms with E-state index in [9.17, 15) is 0 Å². The van der Waals surface area contributed by atoms with E-state index >= 15 is 0 Å². The lowest BCUT2D eigenvalue weighted by Crippen LogP contribution is -2.17. The van der Waals surface area contributed by atoms with Gasteiger partial charge in [-0.1, -0.05) is 135 Å². The van der Waals surface area contributed by atoms with E-state index < -0.39 is 0 Å². The van der Waals surface area contributed by atoms with Crippen LogP contribution in [0.4, 0.5) is 34.1 Å². The topological polar surface area (TPSA) is 6.48 Å². The van der Waals surface area contributed by atoms with Gasteiger partial charge in [0.05, 0.1) is 0 Å². The fraction of sp³-hybridized carbons (Fsp3) is 0.102. The van der Waals surface area contributed by atoms with Gasteiger partial charge in [-0.05, 0) is 119 Å². The molecule has 0 N–H and O–H groups in total.